The Balaban J connectivity index is 1.94. The van der Waals surface area contributed by atoms with Gasteiger partial charge in [0.05, 0.1) is 17.8 Å². The molecule has 4 aromatic rings. The van der Waals surface area contributed by atoms with Crippen molar-refractivity contribution in [3.63, 3.8) is 0 Å². The van der Waals surface area contributed by atoms with Gasteiger partial charge in [-0.15, -0.1) is 0 Å². The predicted octanol–water partition coefficient (Wildman–Crippen LogP) is 3.65. The summed E-state index contributed by atoms with van der Waals surface area (Å²) in [6, 6.07) is 26.0. The van der Waals surface area contributed by atoms with Crippen molar-refractivity contribution in [2.24, 2.45) is 0 Å². The minimum atomic E-state index is -0.568. The van der Waals surface area contributed by atoms with Crippen LogP contribution in [-0.2, 0) is 13.0 Å². The molecule has 5 heteroatoms. The smallest absolute Gasteiger partial charge is 0.338 e. The van der Waals surface area contributed by atoms with Crippen LogP contribution in [0.15, 0.2) is 94.5 Å². The van der Waals surface area contributed by atoms with Crippen molar-refractivity contribution < 1.29 is 5.11 Å². The quantitative estimate of drug-likeness (QED) is 0.558. The Morgan fingerprint density at radius 2 is 1.33 bits per heavy atom. The number of hydrogen-bond donors (Lipinski definition) is 1. The number of aryl methyl sites for hydroxylation is 1. The van der Waals surface area contributed by atoms with Gasteiger partial charge in [0.25, 0.3) is 5.56 Å². The Bertz CT molecular complexity index is 1200. The van der Waals surface area contributed by atoms with Gasteiger partial charge in [0, 0.05) is 6.42 Å². The van der Waals surface area contributed by atoms with Gasteiger partial charge in [0.15, 0.2) is 0 Å². The van der Waals surface area contributed by atoms with Gasteiger partial charge in [0.1, 0.15) is 0 Å². The van der Waals surface area contributed by atoms with E-state index < -0.39 is 11.2 Å². The highest BCUT2D eigenvalue weighted by molar-refractivity contribution is 5.38. The van der Waals surface area contributed by atoms with Crippen LogP contribution in [0.3, 0.4) is 0 Å². The monoisotopic (exact) mass is 398 g/mol. The van der Waals surface area contributed by atoms with E-state index in [1.54, 1.807) is 12.1 Å². The number of aromatic hydroxyl groups is 1. The fourth-order valence-corrected chi connectivity index (χ4v) is 3.48. The summed E-state index contributed by atoms with van der Waals surface area (Å²) in [5, 5.41) is 10.9. The van der Waals surface area contributed by atoms with Gasteiger partial charge < -0.3 is 5.11 Å². The molecule has 1 heterocycles. The second-order valence-corrected chi connectivity index (χ2v) is 7.29. The van der Waals surface area contributed by atoms with Crippen molar-refractivity contribution in [1.82, 2.24) is 9.13 Å². The van der Waals surface area contributed by atoms with Crippen molar-refractivity contribution in [2.75, 3.05) is 0 Å². The molecule has 0 unspecified atom stereocenters. The predicted molar refractivity (Wildman–Crippen MR) is 117 cm³/mol. The molecule has 5 nitrogen and oxygen atoms in total. The lowest BCUT2D eigenvalue weighted by Gasteiger charge is -2.16. The van der Waals surface area contributed by atoms with Crippen LogP contribution >= 0.6 is 0 Å². The average Bonchev–Trinajstić information content (AvgIpc) is 2.77. The highest BCUT2D eigenvalue weighted by Gasteiger charge is 2.20. The second-order valence-electron chi connectivity index (χ2n) is 7.29. The molecule has 0 fully saturated rings. The summed E-state index contributed by atoms with van der Waals surface area (Å²) in [5.41, 5.74) is 2.36. The Morgan fingerprint density at radius 1 is 0.767 bits per heavy atom. The Hall–Kier alpha value is -3.86. The van der Waals surface area contributed by atoms with Crippen LogP contribution in [0.1, 0.15) is 22.3 Å². The molecule has 0 aliphatic carbocycles. The molecular formula is C25H22N2O3. The van der Waals surface area contributed by atoms with Crippen molar-refractivity contribution in [2.45, 2.75) is 19.9 Å². The first kappa shape index (κ1) is 19.5. The van der Waals surface area contributed by atoms with Gasteiger partial charge >= 0.3 is 5.69 Å². The van der Waals surface area contributed by atoms with Gasteiger partial charge in [-0.05, 0) is 30.2 Å². The molecule has 1 aromatic heterocycles. The third kappa shape index (κ3) is 3.82. The minimum absolute atomic E-state index is 0.166. The topological polar surface area (TPSA) is 64.2 Å². The molecule has 0 saturated carbocycles. The molecule has 3 aromatic carbocycles. The molecule has 0 aliphatic rings. The molecule has 0 saturated heterocycles. The van der Waals surface area contributed by atoms with Crippen molar-refractivity contribution >= 4 is 0 Å². The number of aromatic nitrogens is 2. The second kappa shape index (κ2) is 8.25. The van der Waals surface area contributed by atoms with Crippen LogP contribution in [0, 0.1) is 6.92 Å². The van der Waals surface area contributed by atoms with Gasteiger partial charge in [-0.25, -0.2) is 9.36 Å². The summed E-state index contributed by atoms with van der Waals surface area (Å²) in [6.45, 7) is 2.11. The average molecular weight is 398 g/mol. The molecule has 30 heavy (non-hydrogen) atoms. The standard InChI is InChI=1S/C25H22N2O3/c1-18-12-14-21(15-13-18)27-24(29)22(16-19-8-4-2-5-9-19)23(28)26(25(27)30)17-20-10-6-3-7-11-20/h2-15,28H,16-17H2,1H3. The van der Waals surface area contributed by atoms with E-state index in [0.29, 0.717) is 5.69 Å². The molecule has 1 N–H and O–H groups in total. The number of hydrogen-bond acceptors (Lipinski definition) is 3. The van der Waals surface area contributed by atoms with E-state index in [2.05, 4.69) is 0 Å². The summed E-state index contributed by atoms with van der Waals surface area (Å²) in [7, 11) is 0. The van der Waals surface area contributed by atoms with E-state index in [9.17, 15) is 14.7 Å². The minimum Gasteiger partial charge on any atom is -0.494 e. The van der Waals surface area contributed by atoms with Gasteiger partial charge in [-0.2, -0.15) is 0 Å². The number of rotatable bonds is 5. The molecule has 0 aliphatic heterocycles. The summed E-state index contributed by atoms with van der Waals surface area (Å²) >= 11 is 0. The Morgan fingerprint density at radius 3 is 1.93 bits per heavy atom. The molecule has 0 spiro atoms. The van der Waals surface area contributed by atoms with E-state index in [1.807, 2.05) is 79.7 Å². The fourth-order valence-electron chi connectivity index (χ4n) is 3.48. The SMILES string of the molecule is Cc1ccc(-n2c(=O)c(Cc3ccccc3)c(O)n(Cc3ccccc3)c2=O)cc1. The lowest BCUT2D eigenvalue weighted by atomic mass is 10.1. The van der Waals surface area contributed by atoms with Gasteiger partial charge in [0.2, 0.25) is 5.88 Å². The summed E-state index contributed by atoms with van der Waals surface area (Å²) < 4.78 is 2.40. The highest BCUT2D eigenvalue weighted by atomic mass is 16.3. The van der Waals surface area contributed by atoms with Crippen LogP contribution in [0.4, 0.5) is 0 Å². The maximum Gasteiger partial charge on any atom is 0.338 e. The van der Waals surface area contributed by atoms with Crippen LogP contribution in [-0.4, -0.2) is 14.2 Å². The maximum atomic E-state index is 13.3. The Kier molecular flexibility index (Phi) is 5.35. The molecular weight excluding hydrogens is 376 g/mol. The van der Waals surface area contributed by atoms with Crippen molar-refractivity contribution in [3.8, 4) is 11.6 Å². The van der Waals surface area contributed by atoms with Crippen LogP contribution in [0.25, 0.3) is 5.69 Å². The molecule has 0 radical (unpaired) electrons. The fraction of sp³-hybridized carbons (Fsp3) is 0.120. The summed E-state index contributed by atoms with van der Waals surface area (Å²) in [4.78, 5) is 26.6. The zero-order valence-corrected chi connectivity index (χ0v) is 16.7. The molecule has 4 rings (SSSR count). The van der Waals surface area contributed by atoms with Crippen molar-refractivity contribution in [1.29, 1.82) is 0 Å². The van der Waals surface area contributed by atoms with E-state index in [1.165, 1.54) is 4.57 Å². The van der Waals surface area contributed by atoms with Crippen LogP contribution < -0.4 is 11.2 Å². The lowest BCUT2D eigenvalue weighted by Crippen LogP contribution is -2.40. The van der Waals surface area contributed by atoms with Gasteiger partial charge in [-0.1, -0.05) is 78.4 Å². The molecule has 150 valence electrons. The third-order valence-electron chi connectivity index (χ3n) is 5.11. The Labute approximate surface area is 174 Å². The van der Waals surface area contributed by atoms with Crippen molar-refractivity contribution in [3.05, 3.63) is 128 Å². The summed E-state index contributed by atoms with van der Waals surface area (Å²) in [5.74, 6) is -0.291. The normalized spacial score (nSPS) is 10.8. The first-order chi connectivity index (χ1) is 14.5. The van der Waals surface area contributed by atoms with E-state index in [-0.39, 0.29) is 24.4 Å². The first-order valence-electron chi connectivity index (χ1n) is 9.77. The van der Waals surface area contributed by atoms with E-state index >= 15 is 0 Å². The third-order valence-corrected chi connectivity index (χ3v) is 5.11. The molecule has 0 amide bonds. The zero-order chi connectivity index (χ0) is 21.1. The van der Waals surface area contributed by atoms with E-state index in [0.717, 1.165) is 21.3 Å². The van der Waals surface area contributed by atoms with E-state index in [4.69, 9.17) is 0 Å². The largest absolute Gasteiger partial charge is 0.494 e. The summed E-state index contributed by atoms with van der Waals surface area (Å²) in [6.07, 6.45) is 0.229. The number of benzene rings is 3. The van der Waals surface area contributed by atoms with Gasteiger partial charge in [-0.3, -0.25) is 9.36 Å². The molecule has 0 atom stereocenters. The van der Waals surface area contributed by atoms with Crippen LogP contribution in [0.5, 0.6) is 5.88 Å². The maximum absolute atomic E-state index is 13.3. The highest BCUT2D eigenvalue weighted by Crippen LogP contribution is 2.18. The lowest BCUT2D eigenvalue weighted by molar-refractivity contribution is 0.398. The first-order valence-corrected chi connectivity index (χ1v) is 9.77. The molecule has 0 bridgehead atoms. The van der Waals surface area contributed by atoms with Crippen LogP contribution in [0.2, 0.25) is 0 Å². The number of nitrogens with zero attached hydrogens (tertiary/aromatic N) is 2. The zero-order valence-electron chi connectivity index (χ0n) is 16.7.